The molecule has 2 aromatic carbocycles. The number of benzene rings is 2. The van der Waals surface area contributed by atoms with Crippen LogP contribution in [0.2, 0.25) is 0 Å². The van der Waals surface area contributed by atoms with Crippen molar-refractivity contribution in [2.75, 3.05) is 34.4 Å². The summed E-state index contributed by atoms with van der Waals surface area (Å²) in [5.41, 5.74) is 4.15. The number of nitrogens with zero attached hydrogens (tertiary/aromatic N) is 1. The summed E-state index contributed by atoms with van der Waals surface area (Å²) in [6.45, 7) is 1.78. The van der Waals surface area contributed by atoms with E-state index in [-0.39, 0.29) is 23.8 Å². The van der Waals surface area contributed by atoms with E-state index in [0.29, 0.717) is 12.0 Å². The Bertz CT molecular complexity index is 1340. The molecule has 3 aliphatic rings. The van der Waals surface area contributed by atoms with Crippen LogP contribution >= 0.6 is 0 Å². The molecule has 6 atom stereocenters. The standard InChI is InChI=1S/C30H34N2O6/c1-35-19-9-10-20-21-11-12-32-16-18-13-25(38-29(33)17-7-5-4-6-8-17)28(36-2)26(30(34)37-3)22(18)15-24(32)27(21)31-23(20)14-19/h4-10,14,18,22,24-26,28,31H,11-13,15-16H2,1-3H3/t18-,22+,24-,25-,26+,28+/m1/s1. The highest BCUT2D eigenvalue weighted by molar-refractivity contribution is 5.89. The first kappa shape index (κ1) is 24.9. The van der Waals surface area contributed by atoms with Gasteiger partial charge in [-0.25, -0.2) is 4.79 Å². The number of aromatic nitrogens is 1. The van der Waals surface area contributed by atoms with Crippen LogP contribution in [0.25, 0.3) is 10.9 Å². The summed E-state index contributed by atoms with van der Waals surface area (Å²) in [6.07, 6.45) is 1.31. The van der Waals surface area contributed by atoms with E-state index in [1.807, 2.05) is 30.3 Å². The zero-order valence-electron chi connectivity index (χ0n) is 22.0. The molecule has 2 fully saturated rings. The van der Waals surface area contributed by atoms with Gasteiger partial charge in [0, 0.05) is 42.9 Å². The molecule has 2 aliphatic heterocycles. The van der Waals surface area contributed by atoms with Crippen LogP contribution in [0.3, 0.4) is 0 Å². The van der Waals surface area contributed by atoms with Crippen LogP contribution in [-0.4, -0.2) is 68.4 Å². The molecule has 8 nitrogen and oxygen atoms in total. The second kappa shape index (κ2) is 10.1. The van der Waals surface area contributed by atoms with Gasteiger partial charge in [-0.2, -0.15) is 0 Å². The molecule has 0 spiro atoms. The Morgan fingerprint density at radius 1 is 1.03 bits per heavy atom. The normalized spacial score (nSPS) is 28.6. The van der Waals surface area contributed by atoms with Crippen molar-refractivity contribution in [3.05, 3.63) is 65.4 Å². The Hall–Kier alpha value is -3.36. The number of esters is 2. The first-order valence-corrected chi connectivity index (χ1v) is 13.3. The fraction of sp³-hybridized carbons (Fsp3) is 0.467. The van der Waals surface area contributed by atoms with E-state index < -0.39 is 24.1 Å². The fourth-order valence-electron chi connectivity index (χ4n) is 7.14. The smallest absolute Gasteiger partial charge is 0.338 e. The zero-order chi connectivity index (χ0) is 26.4. The lowest BCUT2D eigenvalue weighted by Crippen LogP contribution is -2.58. The van der Waals surface area contributed by atoms with E-state index in [2.05, 4.69) is 16.0 Å². The van der Waals surface area contributed by atoms with Crippen molar-refractivity contribution in [3.63, 3.8) is 0 Å². The average Bonchev–Trinajstić information content (AvgIpc) is 3.33. The van der Waals surface area contributed by atoms with Crippen molar-refractivity contribution in [3.8, 4) is 5.75 Å². The molecule has 0 bridgehead atoms. The number of methoxy groups -OCH3 is 3. The molecule has 0 unspecified atom stereocenters. The molecule has 200 valence electrons. The summed E-state index contributed by atoms with van der Waals surface area (Å²) in [5.74, 6) is -0.167. The first-order chi connectivity index (χ1) is 18.5. The van der Waals surface area contributed by atoms with Crippen LogP contribution in [0.15, 0.2) is 48.5 Å². The minimum absolute atomic E-state index is 0.0484. The SMILES string of the molecule is COC(=O)[C@H]1[C@H]2C[C@@H]3c4[nH]c5cc(OC)ccc5c4CCN3C[C@H]2C[C@@H](OC(=O)c2ccccc2)[C@@H]1OC. The summed E-state index contributed by atoms with van der Waals surface area (Å²) in [6, 6.07) is 15.3. The van der Waals surface area contributed by atoms with E-state index in [4.69, 9.17) is 18.9 Å². The Labute approximate surface area is 222 Å². The molecule has 1 aliphatic carbocycles. The lowest BCUT2D eigenvalue weighted by atomic mass is 9.63. The molecule has 0 amide bonds. The molecule has 3 aromatic rings. The number of carbonyl (C=O) groups is 2. The van der Waals surface area contributed by atoms with Gasteiger partial charge < -0.3 is 23.9 Å². The maximum Gasteiger partial charge on any atom is 0.338 e. The maximum absolute atomic E-state index is 13.2. The Kier molecular flexibility index (Phi) is 6.61. The summed E-state index contributed by atoms with van der Waals surface area (Å²) in [5, 5.41) is 1.23. The number of hydrogen-bond donors (Lipinski definition) is 1. The number of carbonyl (C=O) groups excluding carboxylic acids is 2. The third kappa shape index (κ3) is 4.16. The van der Waals surface area contributed by atoms with Crippen molar-refractivity contribution >= 4 is 22.8 Å². The highest BCUT2D eigenvalue weighted by Gasteiger charge is 2.54. The third-order valence-electron chi connectivity index (χ3n) is 8.87. The largest absolute Gasteiger partial charge is 0.497 e. The zero-order valence-corrected chi connectivity index (χ0v) is 22.0. The van der Waals surface area contributed by atoms with Crippen molar-refractivity contribution in [2.45, 2.75) is 37.5 Å². The number of hydrogen-bond acceptors (Lipinski definition) is 7. The number of fused-ring (bicyclic) bond motifs is 6. The van der Waals surface area contributed by atoms with Crippen LogP contribution in [0.1, 0.15) is 40.5 Å². The molecular weight excluding hydrogens is 484 g/mol. The molecule has 8 heteroatoms. The van der Waals surface area contributed by atoms with Gasteiger partial charge in [0.2, 0.25) is 0 Å². The van der Waals surface area contributed by atoms with Gasteiger partial charge in [0.15, 0.2) is 0 Å². The molecule has 1 aromatic heterocycles. The summed E-state index contributed by atoms with van der Waals surface area (Å²) >= 11 is 0. The van der Waals surface area contributed by atoms with Gasteiger partial charge in [0.05, 0.1) is 31.7 Å². The highest BCUT2D eigenvalue weighted by atomic mass is 16.6. The highest BCUT2D eigenvalue weighted by Crippen LogP contribution is 2.50. The number of aromatic amines is 1. The van der Waals surface area contributed by atoms with Gasteiger partial charge in [0.1, 0.15) is 18.0 Å². The number of piperidine rings is 1. The van der Waals surface area contributed by atoms with Crippen molar-refractivity contribution < 1.29 is 28.5 Å². The Morgan fingerprint density at radius 2 is 1.84 bits per heavy atom. The molecule has 1 saturated carbocycles. The molecule has 3 heterocycles. The van der Waals surface area contributed by atoms with Crippen molar-refractivity contribution in [1.29, 1.82) is 0 Å². The number of ether oxygens (including phenoxy) is 4. The van der Waals surface area contributed by atoms with Gasteiger partial charge in [-0.1, -0.05) is 18.2 Å². The minimum Gasteiger partial charge on any atom is -0.497 e. The van der Waals surface area contributed by atoms with Crippen molar-refractivity contribution in [2.24, 2.45) is 17.8 Å². The fourth-order valence-corrected chi connectivity index (χ4v) is 7.14. The molecule has 1 N–H and O–H groups in total. The Morgan fingerprint density at radius 3 is 2.58 bits per heavy atom. The summed E-state index contributed by atoms with van der Waals surface area (Å²) < 4.78 is 22.6. The van der Waals surface area contributed by atoms with E-state index in [1.54, 1.807) is 26.4 Å². The van der Waals surface area contributed by atoms with E-state index in [1.165, 1.54) is 23.8 Å². The molecular formula is C30H34N2O6. The topological polar surface area (TPSA) is 90.1 Å². The van der Waals surface area contributed by atoms with Crippen LogP contribution in [0.4, 0.5) is 0 Å². The predicted octanol–water partition coefficient (Wildman–Crippen LogP) is 4.15. The molecule has 0 radical (unpaired) electrons. The third-order valence-corrected chi connectivity index (χ3v) is 8.87. The number of H-pyrrole nitrogens is 1. The van der Waals surface area contributed by atoms with Crippen LogP contribution in [-0.2, 0) is 25.4 Å². The number of rotatable bonds is 5. The first-order valence-electron chi connectivity index (χ1n) is 13.3. The van der Waals surface area contributed by atoms with Crippen LogP contribution in [0.5, 0.6) is 5.75 Å². The lowest BCUT2D eigenvalue weighted by Gasteiger charge is -2.52. The van der Waals surface area contributed by atoms with E-state index in [0.717, 1.165) is 37.2 Å². The van der Waals surface area contributed by atoms with Gasteiger partial charge in [-0.05, 0) is 60.9 Å². The maximum atomic E-state index is 13.2. The summed E-state index contributed by atoms with van der Waals surface area (Å²) in [7, 11) is 4.69. The van der Waals surface area contributed by atoms with Crippen LogP contribution in [0, 0.1) is 17.8 Å². The predicted molar refractivity (Wildman–Crippen MR) is 141 cm³/mol. The molecule has 1 saturated heterocycles. The van der Waals surface area contributed by atoms with Gasteiger partial charge in [-0.3, -0.25) is 9.69 Å². The van der Waals surface area contributed by atoms with Gasteiger partial charge in [-0.15, -0.1) is 0 Å². The second-order valence-electron chi connectivity index (χ2n) is 10.6. The van der Waals surface area contributed by atoms with Crippen molar-refractivity contribution in [1.82, 2.24) is 9.88 Å². The molecule has 38 heavy (non-hydrogen) atoms. The quantitative estimate of drug-likeness (QED) is 0.508. The minimum atomic E-state index is -0.571. The van der Waals surface area contributed by atoms with Gasteiger partial charge in [0.25, 0.3) is 0 Å². The summed E-state index contributed by atoms with van der Waals surface area (Å²) in [4.78, 5) is 32.4. The van der Waals surface area contributed by atoms with Crippen LogP contribution < -0.4 is 4.74 Å². The monoisotopic (exact) mass is 518 g/mol. The van der Waals surface area contributed by atoms with Gasteiger partial charge >= 0.3 is 11.9 Å². The second-order valence-corrected chi connectivity index (χ2v) is 10.6. The number of nitrogens with one attached hydrogen (secondary N) is 1. The van der Waals surface area contributed by atoms with E-state index >= 15 is 0 Å². The average molecular weight is 519 g/mol. The molecule has 6 rings (SSSR count). The van der Waals surface area contributed by atoms with E-state index in [9.17, 15) is 9.59 Å². The lowest BCUT2D eigenvalue weighted by molar-refractivity contribution is -0.176. The Balaban J connectivity index is 1.31.